The molecular weight excluding hydrogens is 1350 g/mol. The number of benzene rings is 6. The van der Waals surface area contributed by atoms with Crippen molar-refractivity contribution in [1.29, 1.82) is 5.26 Å². The molecule has 0 bridgehead atoms. The summed E-state index contributed by atoms with van der Waals surface area (Å²) in [5.74, 6) is -0.262. The van der Waals surface area contributed by atoms with E-state index in [4.69, 9.17) is 74.0 Å². The number of halogens is 2. The third-order valence-electron chi connectivity index (χ3n) is 15.9. The fourth-order valence-corrected chi connectivity index (χ4v) is 14.1. The molecule has 4 aromatic heterocycles. The number of hydrogen-bond acceptors (Lipinski definition) is 22. The largest absolute Gasteiger partial charge is 0.530 e. The van der Waals surface area contributed by atoms with E-state index in [1.165, 1.54) is 72.1 Å². The summed E-state index contributed by atoms with van der Waals surface area (Å²) in [5.41, 5.74) is 0.635. The van der Waals surface area contributed by atoms with Crippen molar-refractivity contribution in [3.05, 3.63) is 219 Å². The number of amides is 2. The lowest BCUT2D eigenvalue weighted by atomic mass is 9.80. The molecule has 0 radical (unpaired) electrons. The standard InChI is InChI=1S/C67H63Cl2N11O16P2/c1-41(2)63(81)77-66-76-62-59(65(83)78-66)74-40-80(62)57-35-53(95-97(84,89-33-11-32-70)93-50-28-20-46(68)21-29-50)55(92-57)37-90-98(85,94-51-30-22-47(69)23-31-51)96-52-34-56(79-39-73-58-60(71-38-72-61(58)79)75-64(82)42-12-7-5-8-13-42)91-54(52)36-88-67(43-14-9-6-10-15-43,44-16-24-48(86-3)25-17-44)45-18-26-49(87-4)27-19-45/h5-10,12-31,38-41,52-57H,11,33-37H2,1-4H3,(H,71,72,75,82)(H2,76,77,78,81,83). The van der Waals surface area contributed by atoms with Gasteiger partial charge in [-0.05, 0) is 102 Å². The Morgan fingerprint density at radius 1 is 0.653 bits per heavy atom. The summed E-state index contributed by atoms with van der Waals surface area (Å²) in [6.45, 7) is 1.89. The van der Waals surface area contributed by atoms with Crippen LogP contribution in [-0.4, -0.2) is 109 Å². The number of aromatic nitrogens is 8. The first kappa shape index (κ1) is 68.5. The van der Waals surface area contributed by atoms with Crippen molar-refractivity contribution in [3.63, 3.8) is 0 Å². The van der Waals surface area contributed by atoms with Crippen LogP contribution in [0.15, 0.2) is 182 Å². The van der Waals surface area contributed by atoms with E-state index in [0.29, 0.717) is 43.8 Å². The zero-order valence-corrected chi connectivity index (χ0v) is 56.1. The number of phosphoric acid groups is 2. The number of fused-ring (bicyclic) bond motifs is 2. The van der Waals surface area contributed by atoms with Gasteiger partial charge in [-0.25, -0.2) is 29.1 Å². The van der Waals surface area contributed by atoms with Gasteiger partial charge < -0.3 is 38.0 Å². The molecule has 10 aromatic rings. The van der Waals surface area contributed by atoms with Gasteiger partial charge in [-0.2, -0.15) is 10.2 Å². The lowest BCUT2D eigenvalue weighted by molar-refractivity contribution is -0.119. The van der Waals surface area contributed by atoms with Gasteiger partial charge in [-0.1, -0.05) is 110 Å². The molecule has 2 saturated heterocycles. The highest BCUT2D eigenvalue weighted by atomic mass is 35.5. The van der Waals surface area contributed by atoms with Crippen LogP contribution >= 0.6 is 38.8 Å². The predicted molar refractivity (Wildman–Crippen MR) is 358 cm³/mol. The normalized spacial score (nSPS) is 19.0. The molecule has 506 valence electrons. The first-order chi connectivity index (χ1) is 47.4. The number of anilines is 2. The quantitative estimate of drug-likeness (QED) is 0.0233. The van der Waals surface area contributed by atoms with Crippen LogP contribution in [-0.2, 0) is 51.8 Å². The number of ether oxygens (including phenoxy) is 5. The Morgan fingerprint density at radius 2 is 1.16 bits per heavy atom. The Bertz CT molecular complexity index is 4600. The van der Waals surface area contributed by atoms with Gasteiger partial charge in [0.15, 0.2) is 28.1 Å². The monoisotopic (exact) mass is 1410 g/mol. The number of aromatic amines is 1. The van der Waals surface area contributed by atoms with Gasteiger partial charge in [0.05, 0.1) is 59.2 Å². The van der Waals surface area contributed by atoms with Crippen molar-refractivity contribution >= 4 is 84.8 Å². The predicted octanol–water partition coefficient (Wildman–Crippen LogP) is 12.8. The minimum Gasteiger partial charge on any atom is -0.497 e. The highest BCUT2D eigenvalue weighted by molar-refractivity contribution is 7.49. The van der Waals surface area contributed by atoms with Crippen LogP contribution in [0.1, 0.15) is 72.6 Å². The number of carbonyl (C=O) groups excluding carboxylic acids is 2. The first-order valence-electron chi connectivity index (χ1n) is 30.7. The van der Waals surface area contributed by atoms with Crippen LogP contribution in [0.2, 0.25) is 10.0 Å². The number of rotatable bonds is 28. The Kier molecular flexibility index (Phi) is 21.1. The van der Waals surface area contributed by atoms with E-state index >= 15 is 9.13 Å². The molecule has 0 saturated carbocycles. The lowest BCUT2D eigenvalue weighted by Gasteiger charge is -2.37. The maximum atomic E-state index is 16.3. The van der Waals surface area contributed by atoms with Crippen LogP contribution in [0.3, 0.4) is 0 Å². The molecular formula is C67H63Cl2N11O16P2. The van der Waals surface area contributed by atoms with Gasteiger partial charge in [0, 0.05) is 34.4 Å². The third-order valence-corrected chi connectivity index (χ3v) is 19.3. The van der Waals surface area contributed by atoms with Gasteiger partial charge in [0.2, 0.25) is 11.9 Å². The minimum atomic E-state index is -5.11. The number of methoxy groups -OCH3 is 2. The number of nitriles is 1. The zero-order valence-electron chi connectivity index (χ0n) is 52.8. The molecule has 8 unspecified atom stereocenters. The maximum Gasteiger partial charge on any atom is 0.530 e. The second kappa shape index (κ2) is 30.2. The van der Waals surface area contributed by atoms with E-state index < -0.39 is 94.6 Å². The van der Waals surface area contributed by atoms with E-state index in [9.17, 15) is 19.6 Å². The van der Waals surface area contributed by atoms with Crippen molar-refractivity contribution in [1.82, 2.24) is 39.0 Å². The highest BCUT2D eigenvalue weighted by Gasteiger charge is 2.50. The molecule has 0 spiro atoms. The molecule has 31 heteroatoms. The molecule has 8 atom stereocenters. The molecule has 27 nitrogen and oxygen atoms in total. The number of nitrogens with one attached hydrogen (secondary N) is 3. The van der Waals surface area contributed by atoms with Gasteiger partial charge in [0.1, 0.15) is 71.8 Å². The van der Waals surface area contributed by atoms with E-state index in [1.807, 2.05) is 84.9 Å². The minimum absolute atomic E-state index is 0.0168. The van der Waals surface area contributed by atoms with E-state index in [-0.39, 0.29) is 71.5 Å². The first-order valence-corrected chi connectivity index (χ1v) is 34.3. The average molecular weight is 1410 g/mol. The van der Waals surface area contributed by atoms with Crippen molar-refractivity contribution < 1.29 is 69.5 Å². The Balaban J connectivity index is 0.931. The Labute approximate surface area is 570 Å². The maximum absolute atomic E-state index is 16.3. The summed E-state index contributed by atoms with van der Waals surface area (Å²) in [5, 5.41) is 15.6. The van der Waals surface area contributed by atoms with Gasteiger partial charge in [-0.3, -0.25) is 51.9 Å². The second-order valence-corrected chi connectivity index (χ2v) is 26.6. The van der Waals surface area contributed by atoms with E-state index in [0.717, 1.165) is 0 Å². The Morgan fingerprint density at radius 3 is 1.71 bits per heavy atom. The van der Waals surface area contributed by atoms with Crippen LogP contribution < -0.4 is 34.7 Å². The van der Waals surface area contributed by atoms with Crippen LogP contribution in [0, 0.1) is 17.2 Å². The van der Waals surface area contributed by atoms with Crippen molar-refractivity contribution in [2.45, 2.75) is 75.6 Å². The SMILES string of the molecule is COc1ccc(C(OCC2OC(n3cnc4c(NC(=O)c5ccccc5)ncnc43)CC2OP(=O)(OCC2OC(n3cnc4c(=O)[nH]c(NC(=O)C(C)C)nc43)CC2OP(=O)(OCCC#N)Oc2ccc(Cl)cc2)Oc2ccc(Cl)cc2)(c2ccccc2)c2ccc(OC)cc2)cc1. The molecule has 6 aromatic carbocycles. The van der Waals surface area contributed by atoms with Crippen molar-refractivity contribution in [3.8, 4) is 29.1 Å². The fraction of sp³-hybridized carbons (Fsp3) is 0.269. The summed E-state index contributed by atoms with van der Waals surface area (Å²) < 4.78 is 104. The lowest BCUT2D eigenvalue weighted by Crippen LogP contribution is -2.38. The average Bonchev–Trinajstić information content (AvgIpc) is 0.822. The molecule has 6 heterocycles. The van der Waals surface area contributed by atoms with Crippen LogP contribution in [0.5, 0.6) is 23.0 Å². The zero-order chi connectivity index (χ0) is 68.6. The number of H-pyrrole nitrogens is 1. The fourth-order valence-electron chi connectivity index (χ4n) is 11.0. The molecule has 12 rings (SSSR count). The second-order valence-electron chi connectivity index (χ2n) is 22.6. The van der Waals surface area contributed by atoms with Crippen molar-refractivity contribution in [2.75, 3.05) is 44.7 Å². The number of nitrogens with zero attached hydrogens (tertiary/aromatic N) is 8. The van der Waals surface area contributed by atoms with Crippen LogP contribution in [0.25, 0.3) is 22.3 Å². The number of imidazole rings is 2. The van der Waals surface area contributed by atoms with E-state index in [1.54, 1.807) is 63.0 Å². The summed E-state index contributed by atoms with van der Waals surface area (Å²) in [6, 6.07) is 46.6. The molecule has 2 aliphatic rings. The van der Waals surface area contributed by atoms with Gasteiger partial charge in [0.25, 0.3) is 11.5 Å². The molecule has 2 fully saturated rings. The summed E-state index contributed by atoms with van der Waals surface area (Å²) in [6.07, 6.45) is -4.01. The molecule has 2 aliphatic heterocycles. The summed E-state index contributed by atoms with van der Waals surface area (Å²) in [4.78, 5) is 64.9. The van der Waals surface area contributed by atoms with Gasteiger partial charge in [-0.15, -0.1) is 0 Å². The summed E-state index contributed by atoms with van der Waals surface area (Å²) in [7, 11) is -6.76. The summed E-state index contributed by atoms with van der Waals surface area (Å²) >= 11 is 12.6. The topological polar surface area (TPSA) is 325 Å². The van der Waals surface area contributed by atoms with Gasteiger partial charge >= 0.3 is 15.6 Å². The number of hydrogen-bond donors (Lipinski definition) is 3. The number of phosphoric ester groups is 2. The molecule has 98 heavy (non-hydrogen) atoms. The molecule has 0 aliphatic carbocycles. The third kappa shape index (κ3) is 15.5. The highest BCUT2D eigenvalue weighted by Crippen LogP contribution is 2.57. The van der Waals surface area contributed by atoms with Crippen molar-refractivity contribution in [2.24, 2.45) is 5.92 Å². The van der Waals surface area contributed by atoms with Crippen LogP contribution in [0.4, 0.5) is 11.8 Å². The number of carbonyl (C=O) groups is 2. The van der Waals surface area contributed by atoms with E-state index in [2.05, 4.69) is 40.5 Å². The smallest absolute Gasteiger partial charge is 0.497 e. The molecule has 2 amide bonds. The molecule has 3 N–H and O–H groups in total. The Hall–Kier alpha value is -9.39.